The fourth-order valence-corrected chi connectivity index (χ4v) is 2.25. The lowest BCUT2D eigenvalue weighted by Crippen LogP contribution is -2.33. The van der Waals surface area contributed by atoms with E-state index >= 15 is 0 Å². The summed E-state index contributed by atoms with van der Waals surface area (Å²) in [5.74, 6) is 0.815. The van der Waals surface area contributed by atoms with E-state index in [9.17, 15) is 0 Å². The van der Waals surface area contributed by atoms with Crippen molar-refractivity contribution in [3.8, 4) is 0 Å². The maximum atomic E-state index is 5.65. The van der Waals surface area contributed by atoms with Gasteiger partial charge in [0.2, 0.25) is 0 Å². The van der Waals surface area contributed by atoms with Gasteiger partial charge in [0.15, 0.2) is 5.76 Å². The predicted octanol–water partition coefficient (Wildman–Crippen LogP) is 2.25. The van der Waals surface area contributed by atoms with Crippen LogP contribution in [0, 0.1) is 0 Å². The largest absolute Gasteiger partial charge is 0.367 e. The van der Waals surface area contributed by atoms with E-state index in [2.05, 4.69) is 26.4 Å². The smallest absolute Gasteiger partial charge is 0.174 e. The summed E-state index contributed by atoms with van der Waals surface area (Å²) in [6.07, 6.45) is -0.0278. The number of nitrogens with one attached hydrogen (secondary N) is 1. The molecule has 0 bridgehead atoms. The standard InChI is InChI=1S/C11H11BrN2O2/c12-7-1-2-8-9(5-7)14-16-11(8)10-6-13-3-4-15-10/h1-2,5,10,13H,3-4,6H2. The minimum Gasteiger partial charge on any atom is -0.367 e. The Kier molecular flexibility index (Phi) is 2.67. The summed E-state index contributed by atoms with van der Waals surface area (Å²) in [4.78, 5) is 0. The van der Waals surface area contributed by atoms with Crippen molar-refractivity contribution in [1.82, 2.24) is 10.5 Å². The Morgan fingerprint density at radius 1 is 1.44 bits per heavy atom. The second kappa shape index (κ2) is 4.16. The van der Waals surface area contributed by atoms with Crippen LogP contribution in [0.1, 0.15) is 11.9 Å². The van der Waals surface area contributed by atoms with Crippen molar-refractivity contribution < 1.29 is 9.26 Å². The van der Waals surface area contributed by atoms with Gasteiger partial charge in [0.05, 0.1) is 6.61 Å². The first-order valence-electron chi connectivity index (χ1n) is 5.22. The van der Waals surface area contributed by atoms with E-state index in [1.165, 1.54) is 0 Å². The summed E-state index contributed by atoms with van der Waals surface area (Å²) in [5, 5.41) is 8.34. The van der Waals surface area contributed by atoms with Gasteiger partial charge in [0.1, 0.15) is 11.6 Å². The Labute approximate surface area is 101 Å². The normalized spacial score (nSPS) is 21.4. The van der Waals surface area contributed by atoms with Crippen LogP contribution in [0.4, 0.5) is 0 Å². The molecule has 0 amide bonds. The highest BCUT2D eigenvalue weighted by atomic mass is 79.9. The van der Waals surface area contributed by atoms with Gasteiger partial charge in [-0.05, 0) is 18.2 Å². The number of fused-ring (bicyclic) bond motifs is 1. The van der Waals surface area contributed by atoms with E-state index in [1.807, 2.05) is 18.2 Å². The Bertz CT molecular complexity index is 506. The lowest BCUT2D eigenvalue weighted by Gasteiger charge is -2.21. The van der Waals surface area contributed by atoms with Crippen molar-refractivity contribution >= 4 is 26.8 Å². The van der Waals surface area contributed by atoms with Crippen LogP contribution < -0.4 is 5.32 Å². The third-order valence-corrected chi connectivity index (χ3v) is 3.18. The summed E-state index contributed by atoms with van der Waals surface area (Å²) in [7, 11) is 0. The number of nitrogens with zero attached hydrogens (tertiary/aromatic N) is 1. The summed E-state index contributed by atoms with van der Waals surface area (Å²) >= 11 is 3.41. The summed E-state index contributed by atoms with van der Waals surface area (Å²) < 4.78 is 12.0. The lowest BCUT2D eigenvalue weighted by atomic mass is 10.1. The lowest BCUT2D eigenvalue weighted by molar-refractivity contribution is 0.0120. The average Bonchev–Trinajstić information content (AvgIpc) is 2.73. The number of benzene rings is 1. The van der Waals surface area contributed by atoms with Gasteiger partial charge >= 0.3 is 0 Å². The molecule has 1 fully saturated rings. The van der Waals surface area contributed by atoms with Crippen molar-refractivity contribution in [3.63, 3.8) is 0 Å². The molecule has 0 spiro atoms. The molecule has 3 rings (SSSR count). The Hall–Kier alpha value is -0.910. The zero-order valence-electron chi connectivity index (χ0n) is 8.57. The van der Waals surface area contributed by atoms with Gasteiger partial charge in [-0.2, -0.15) is 0 Å². The van der Waals surface area contributed by atoms with Gasteiger partial charge in [-0.15, -0.1) is 0 Å². The molecule has 2 aromatic rings. The van der Waals surface area contributed by atoms with E-state index in [1.54, 1.807) is 0 Å². The third-order valence-electron chi connectivity index (χ3n) is 2.69. The number of hydrogen-bond donors (Lipinski definition) is 1. The van der Waals surface area contributed by atoms with Crippen LogP contribution in [0.2, 0.25) is 0 Å². The number of aromatic nitrogens is 1. The summed E-state index contributed by atoms with van der Waals surface area (Å²) in [6.45, 7) is 2.39. The molecule has 1 N–H and O–H groups in total. The zero-order valence-corrected chi connectivity index (χ0v) is 10.2. The molecule has 16 heavy (non-hydrogen) atoms. The maximum absolute atomic E-state index is 5.65. The number of rotatable bonds is 1. The third kappa shape index (κ3) is 1.75. The monoisotopic (exact) mass is 282 g/mol. The van der Waals surface area contributed by atoms with Crippen molar-refractivity contribution in [2.75, 3.05) is 19.7 Å². The first kappa shape index (κ1) is 10.3. The van der Waals surface area contributed by atoms with Crippen molar-refractivity contribution in [1.29, 1.82) is 0 Å². The SMILES string of the molecule is Brc1ccc2c(C3CNCCO3)onc2c1. The number of ether oxygens (including phenoxy) is 1. The van der Waals surface area contributed by atoms with Crippen LogP contribution in [0.5, 0.6) is 0 Å². The van der Waals surface area contributed by atoms with Crippen LogP contribution in [-0.2, 0) is 4.74 Å². The molecule has 5 heteroatoms. The van der Waals surface area contributed by atoms with E-state index in [4.69, 9.17) is 9.26 Å². The van der Waals surface area contributed by atoms with Gasteiger partial charge in [0, 0.05) is 22.9 Å². The maximum Gasteiger partial charge on any atom is 0.174 e. The average molecular weight is 283 g/mol. The van der Waals surface area contributed by atoms with Crippen LogP contribution in [0.15, 0.2) is 27.2 Å². The van der Waals surface area contributed by atoms with Crippen LogP contribution in [0.25, 0.3) is 10.9 Å². The molecule has 1 aliphatic rings. The van der Waals surface area contributed by atoms with Gasteiger partial charge in [-0.3, -0.25) is 0 Å². The molecule has 1 saturated heterocycles. The molecule has 1 aromatic heterocycles. The quantitative estimate of drug-likeness (QED) is 0.872. The first-order valence-corrected chi connectivity index (χ1v) is 6.01. The van der Waals surface area contributed by atoms with Crippen molar-refractivity contribution in [2.24, 2.45) is 0 Å². The Balaban J connectivity index is 2.03. The molecule has 2 heterocycles. The molecule has 1 unspecified atom stereocenters. The molecule has 0 aliphatic carbocycles. The fraction of sp³-hybridized carbons (Fsp3) is 0.364. The summed E-state index contributed by atoms with van der Waals surface area (Å²) in [6, 6.07) is 5.93. The fourth-order valence-electron chi connectivity index (χ4n) is 1.90. The topological polar surface area (TPSA) is 47.3 Å². The number of halogens is 1. The van der Waals surface area contributed by atoms with E-state index in [0.29, 0.717) is 6.61 Å². The minimum atomic E-state index is -0.0278. The molecule has 4 nitrogen and oxygen atoms in total. The van der Waals surface area contributed by atoms with Crippen molar-refractivity contribution in [3.05, 3.63) is 28.4 Å². The van der Waals surface area contributed by atoms with Gasteiger partial charge < -0.3 is 14.6 Å². The van der Waals surface area contributed by atoms with E-state index in [0.717, 1.165) is 34.2 Å². The molecule has 1 aromatic carbocycles. The van der Waals surface area contributed by atoms with Gasteiger partial charge in [0.25, 0.3) is 0 Å². The first-order chi connectivity index (χ1) is 7.84. The molecule has 0 saturated carbocycles. The highest BCUT2D eigenvalue weighted by Gasteiger charge is 2.22. The molecule has 1 aliphatic heterocycles. The van der Waals surface area contributed by atoms with Gasteiger partial charge in [-0.25, -0.2) is 0 Å². The molecule has 84 valence electrons. The van der Waals surface area contributed by atoms with Crippen molar-refractivity contribution in [2.45, 2.75) is 6.10 Å². The number of morpholine rings is 1. The van der Waals surface area contributed by atoms with Crippen LogP contribution in [0.3, 0.4) is 0 Å². The number of hydrogen-bond acceptors (Lipinski definition) is 4. The zero-order chi connectivity index (χ0) is 11.0. The second-order valence-electron chi connectivity index (χ2n) is 3.77. The predicted molar refractivity (Wildman–Crippen MR) is 63.3 cm³/mol. The highest BCUT2D eigenvalue weighted by molar-refractivity contribution is 9.10. The summed E-state index contributed by atoms with van der Waals surface area (Å²) in [5.41, 5.74) is 0.860. The Morgan fingerprint density at radius 3 is 3.19 bits per heavy atom. The van der Waals surface area contributed by atoms with E-state index in [-0.39, 0.29) is 6.10 Å². The molecule has 1 atom stereocenters. The van der Waals surface area contributed by atoms with Crippen LogP contribution >= 0.6 is 15.9 Å². The molecular weight excluding hydrogens is 272 g/mol. The van der Waals surface area contributed by atoms with Gasteiger partial charge in [-0.1, -0.05) is 21.1 Å². The molecule has 0 radical (unpaired) electrons. The highest BCUT2D eigenvalue weighted by Crippen LogP contribution is 2.28. The van der Waals surface area contributed by atoms with E-state index < -0.39 is 0 Å². The minimum absolute atomic E-state index is 0.0278. The molecular formula is C11H11BrN2O2. The van der Waals surface area contributed by atoms with Crippen LogP contribution in [-0.4, -0.2) is 24.9 Å². The second-order valence-corrected chi connectivity index (χ2v) is 4.69. The Morgan fingerprint density at radius 2 is 2.38 bits per heavy atom.